The molecule has 1 aliphatic rings. The van der Waals surface area contributed by atoms with Gasteiger partial charge in [0.05, 0.1) is 11.0 Å². The van der Waals surface area contributed by atoms with E-state index in [-0.39, 0.29) is 28.5 Å². The van der Waals surface area contributed by atoms with Crippen molar-refractivity contribution >= 4 is 11.5 Å². The number of aliphatic hydroxyl groups is 1. The highest BCUT2D eigenvalue weighted by atomic mass is 16.6. The Morgan fingerprint density at radius 2 is 2.37 bits per heavy atom. The van der Waals surface area contributed by atoms with Gasteiger partial charge in [-0.1, -0.05) is 13.8 Å². The van der Waals surface area contributed by atoms with Gasteiger partial charge in [0.25, 0.3) is 0 Å². The second-order valence-corrected chi connectivity index (χ2v) is 5.19. The van der Waals surface area contributed by atoms with Crippen LogP contribution in [0.1, 0.15) is 25.8 Å². The van der Waals surface area contributed by atoms with Crippen molar-refractivity contribution in [2.75, 3.05) is 5.32 Å². The fraction of sp³-hybridized carbons (Fsp3) is 0.500. The number of pyridine rings is 1. The Bertz CT molecular complexity index is 565. The SMILES string of the molecule is CC1(C)C(O)CC1Nc1nccc(C#N)c1[N+](=O)[O-]. The standard InChI is InChI=1S/C12H14N4O3/c1-12(2)8(5-9(12)17)15-11-10(16(18)19)7(6-13)3-4-14-11/h3-4,8-9,17H,5H2,1-2H3,(H,14,15). The molecule has 1 heterocycles. The van der Waals surface area contributed by atoms with Crippen LogP contribution in [0.2, 0.25) is 0 Å². The maximum Gasteiger partial charge on any atom is 0.328 e. The van der Waals surface area contributed by atoms with E-state index in [1.165, 1.54) is 12.3 Å². The first-order valence-corrected chi connectivity index (χ1v) is 5.86. The Labute approximate surface area is 110 Å². The summed E-state index contributed by atoms with van der Waals surface area (Å²) in [6, 6.07) is 2.99. The number of nitriles is 1. The van der Waals surface area contributed by atoms with Gasteiger partial charge in [-0.25, -0.2) is 4.98 Å². The van der Waals surface area contributed by atoms with E-state index in [1.54, 1.807) is 6.07 Å². The summed E-state index contributed by atoms with van der Waals surface area (Å²) in [6.45, 7) is 3.75. The van der Waals surface area contributed by atoms with Crippen LogP contribution in [0.25, 0.3) is 0 Å². The molecule has 1 saturated carbocycles. The monoisotopic (exact) mass is 262 g/mol. The topological polar surface area (TPSA) is 112 Å². The van der Waals surface area contributed by atoms with E-state index in [4.69, 9.17) is 5.26 Å². The lowest BCUT2D eigenvalue weighted by molar-refractivity contribution is -0.384. The molecule has 2 unspecified atom stereocenters. The molecule has 0 spiro atoms. The van der Waals surface area contributed by atoms with Gasteiger partial charge >= 0.3 is 5.69 Å². The molecule has 0 amide bonds. The van der Waals surface area contributed by atoms with E-state index >= 15 is 0 Å². The lowest BCUT2D eigenvalue weighted by atomic mass is 9.64. The number of rotatable bonds is 3. The maximum atomic E-state index is 11.0. The Morgan fingerprint density at radius 3 is 2.84 bits per heavy atom. The predicted molar refractivity (Wildman–Crippen MR) is 67.4 cm³/mol. The zero-order valence-electron chi connectivity index (χ0n) is 10.6. The number of hydrogen-bond acceptors (Lipinski definition) is 6. The molecule has 1 aliphatic carbocycles. The zero-order chi connectivity index (χ0) is 14.2. The van der Waals surface area contributed by atoms with Crippen LogP contribution in [0.15, 0.2) is 12.3 Å². The molecular formula is C12H14N4O3. The van der Waals surface area contributed by atoms with Gasteiger partial charge in [-0.3, -0.25) is 10.1 Å². The molecule has 0 aliphatic heterocycles. The third-order valence-corrected chi connectivity index (χ3v) is 3.75. The van der Waals surface area contributed by atoms with Crippen LogP contribution in [0.4, 0.5) is 11.5 Å². The number of hydrogen-bond donors (Lipinski definition) is 2. The van der Waals surface area contributed by atoms with E-state index in [2.05, 4.69) is 10.3 Å². The molecule has 0 aromatic carbocycles. The molecule has 1 aromatic rings. The second kappa shape index (κ2) is 4.48. The summed E-state index contributed by atoms with van der Waals surface area (Å²) in [5.74, 6) is 0.0778. The normalized spacial score (nSPS) is 24.1. The van der Waals surface area contributed by atoms with Gasteiger partial charge in [0.1, 0.15) is 11.6 Å². The van der Waals surface area contributed by atoms with Gasteiger partial charge in [-0.15, -0.1) is 0 Å². The lowest BCUT2D eigenvalue weighted by Gasteiger charge is -2.49. The van der Waals surface area contributed by atoms with Gasteiger partial charge in [-0.2, -0.15) is 5.26 Å². The third-order valence-electron chi connectivity index (χ3n) is 3.75. The molecule has 1 fully saturated rings. The van der Waals surface area contributed by atoms with E-state index in [0.29, 0.717) is 6.42 Å². The first kappa shape index (κ1) is 13.2. The van der Waals surface area contributed by atoms with Gasteiger partial charge in [-0.05, 0) is 12.5 Å². The molecule has 0 radical (unpaired) electrons. The minimum Gasteiger partial charge on any atom is -0.392 e. The first-order chi connectivity index (χ1) is 8.87. The van der Waals surface area contributed by atoms with E-state index in [9.17, 15) is 15.2 Å². The van der Waals surface area contributed by atoms with Crippen molar-refractivity contribution in [3.05, 3.63) is 27.9 Å². The summed E-state index contributed by atoms with van der Waals surface area (Å²) in [7, 11) is 0. The van der Waals surface area contributed by atoms with Crippen LogP contribution in [0.5, 0.6) is 0 Å². The van der Waals surface area contributed by atoms with Crippen LogP contribution in [-0.2, 0) is 0 Å². The van der Waals surface area contributed by atoms with Crippen LogP contribution in [0, 0.1) is 26.9 Å². The summed E-state index contributed by atoms with van der Waals surface area (Å²) in [4.78, 5) is 14.4. The molecule has 1 aromatic heterocycles. The zero-order valence-corrected chi connectivity index (χ0v) is 10.6. The lowest BCUT2D eigenvalue weighted by Crippen LogP contribution is -2.57. The number of anilines is 1. The summed E-state index contributed by atoms with van der Waals surface area (Å²) < 4.78 is 0. The number of aliphatic hydroxyl groups excluding tert-OH is 1. The Balaban J connectivity index is 2.32. The Hall–Kier alpha value is -2.20. The molecular weight excluding hydrogens is 248 g/mol. The summed E-state index contributed by atoms with van der Waals surface area (Å²) in [5, 5.41) is 32.5. The van der Waals surface area contributed by atoms with Crippen molar-refractivity contribution in [3.63, 3.8) is 0 Å². The number of nitrogens with zero attached hydrogens (tertiary/aromatic N) is 3. The van der Waals surface area contributed by atoms with E-state index < -0.39 is 11.0 Å². The number of aromatic nitrogens is 1. The average molecular weight is 262 g/mol. The van der Waals surface area contributed by atoms with Crippen molar-refractivity contribution in [1.29, 1.82) is 5.26 Å². The highest BCUT2D eigenvalue weighted by molar-refractivity contribution is 5.64. The quantitative estimate of drug-likeness (QED) is 0.629. The van der Waals surface area contributed by atoms with Crippen molar-refractivity contribution in [3.8, 4) is 6.07 Å². The molecule has 2 N–H and O–H groups in total. The average Bonchev–Trinajstić information content (AvgIpc) is 2.37. The molecule has 2 atom stereocenters. The van der Waals surface area contributed by atoms with Crippen LogP contribution in [-0.4, -0.2) is 27.2 Å². The summed E-state index contributed by atoms with van der Waals surface area (Å²) >= 11 is 0. The minimum atomic E-state index is -0.615. The van der Waals surface area contributed by atoms with Gasteiger partial charge < -0.3 is 10.4 Å². The van der Waals surface area contributed by atoms with Crippen molar-refractivity contribution in [2.24, 2.45) is 5.41 Å². The molecule has 100 valence electrons. The van der Waals surface area contributed by atoms with E-state index in [0.717, 1.165) is 0 Å². The van der Waals surface area contributed by atoms with Crippen LogP contribution < -0.4 is 5.32 Å². The largest absolute Gasteiger partial charge is 0.392 e. The molecule has 0 saturated heterocycles. The van der Waals surface area contributed by atoms with E-state index in [1.807, 2.05) is 13.8 Å². The fourth-order valence-electron chi connectivity index (χ4n) is 2.15. The Kier molecular flexibility index (Phi) is 3.12. The third kappa shape index (κ3) is 2.11. The molecule has 2 rings (SSSR count). The summed E-state index contributed by atoms with van der Waals surface area (Å²) in [5.41, 5.74) is -0.722. The summed E-state index contributed by atoms with van der Waals surface area (Å²) in [6.07, 6.45) is 1.42. The van der Waals surface area contributed by atoms with Gasteiger partial charge in [0.2, 0.25) is 5.82 Å². The molecule has 7 heteroatoms. The van der Waals surface area contributed by atoms with Crippen LogP contribution >= 0.6 is 0 Å². The predicted octanol–water partition coefficient (Wildman–Crippen LogP) is 1.43. The van der Waals surface area contributed by atoms with Crippen LogP contribution in [0.3, 0.4) is 0 Å². The van der Waals surface area contributed by atoms with Crippen molar-refractivity contribution in [2.45, 2.75) is 32.4 Å². The first-order valence-electron chi connectivity index (χ1n) is 5.86. The highest BCUT2D eigenvalue weighted by Crippen LogP contribution is 2.43. The Morgan fingerprint density at radius 1 is 1.68 bits per heavy atom. The molecule has 7 nitrogen and oxygen atoms in total. The minimum absolute atomic E-state index is 0.0276. The maximum absolute atomic E-state index is 11.0. The van der Waals surface area contributed by atoms with Gasteiger partial charge in [0.15, 0.2) is 0 Å². The second-order valence-electron chi connectivity index (χ2n) is 5.19. The smallest absolute Gasteiger partial charge is 0.328 e. The highest BCUT2D eigenvalue weighted by Gasteiger charge is 2.48. The number of nitrogens with one attached hydrogen (secondary N) is 1. The number of nitro groups is 1. The van der Waals surface area contributed by atoms with Gasteiger partial charge in [0, 0.05) is 17.7 Å². The van der Waals surface area contributed by atoms with Crippen molar-refractivity contribution < 1.29 is 10.0 Å². The fourth-order valence-corrected chi connectivity index (χ4v) is 2.15. The molecule has 0 bridgehead atoms. The molecule has 19 heavy (non-hydrogen) atoms. The van der Waals surface area contributed by atoms with Crippen molar-refractivity contribution in [1.82, 2.24) is 4.98 Å².